The molecule has 0 saturated heterocycles. The Balaban J connectivity index is 1.06. The van der Waals surface area contributed by atoms with Gasteiger partial charge in [0.1, 0.15) is 0 Å². The van der Waals surface area contributed by atoms with Crippen LogP contribution in [0.4, 0.5) is 0 Å². The third kappa shape index (κ3) is 4.78. The van der Waals surface area contributed by atoms with Crippen molar-refractivity contribution in [3.8, 4) is 22.5 Å². The third-order valence-electron chi connectivity index (χ3n) is 10.5. The highest BCUT2D eigenvalue weighted by atomic mass is 32.1. The predicted molar refractivity (Wildman–Crippen MR) is 225 cm³/mol. The maximum atomic E-state index is 4.39. The molecule has 10 rings (SSSR count). The van der Waals surface area contributed by atoms with Crippen LogP contribution in [0.25, 0.3) is 94.4 Å². The average Bonchev–Trinajstić information content (AvgIpc) is 3.83. The van der Waals surface area contributed by atoms with Gasteiger partial charge in [-0.05, 0) is 102 Å². The maximum absolute atomic E-state index is 4.39. The Morgan fingerprint density at radius 1 is 0.500 bits per heavy atom. The molecule has 0 aliphatic rings. The lowest BCUT2D eigenvalue weighted by Gasteiger charge is -2.11. The molecule has 0 radical (unpaired) electrons. The van der Waals surface area contributed by atoms with Crippen LogP contribution < -0.4 is 9.75 Å². The van der Waals surface area contributed by atoms with Gasteiger partial charge in [-0.3, -0.25) is 0 Å². The SMILES string of the molecule is C=c1sc2ccccc2/c1=C/C(=C\C)c1ccc2c(c1)c1ccccc1n2-c1ccc(-c2ccc3c(c2)c2ccccc2n3-c2ccccc2)cc1. The first-order chi connectivity index (χ1) is 25.7. The van der Waals surface area contributed by atoms with Crippen LogP contribution in [-0.4, -0.2) is 9.13 Å². The Hall–Kier alpha value is -6.42. The van der Waals surface area contributed by atoms with E-state index in [1.54, 1.807) is 11.3 Å². The van der Waals surface area contributed by atoms with Crippen molar-refractivity contribution in [2.24, 2.45) is 0 Å². The fraction of sp³-hybridized carbons (Fsp3) is 0.0204. The summed E-state index contributed by atoms with van der Waals surface area (Å²) in [5, 5.41) is 7.48. The molecule has 0 aliphatic carbocycles. The minimum atomic E-state index is 1.10. The van der Waals surface area contributed by atoms with Crippen molar-refractivity contribution in [3.63, 3.8) is 0 Å². The molecule has 3 heterocycles. The minimum Gasteiger partial charge on any atom is -0.309 e. The van der Waals surface area contributed by atoms with Crippen molar-refractivity contribution in [1.82, 2.24) is 9.13 Å². The van der Waals surface area contributed by atoms with E-state index in [-0.39, 0.29) is 0 Å². The van der Waals surface area contributed by atoms with Gasteiger partial charge in [0, 0.05) is 52.8 Å². The summed E-state index contributed by atoms with van der Waals surface area (Å²) >= 11 is 1.76. The van der Waals surface area contributed by atoms with Crippen LogP contribution in [0.1, 0.15) is 12.5 Å². The van der Waals surface area contributed by atoms with E-state index in [4.69, 9.17) is 0 Å². The smallest absolute Gasteiger partial charge is 0.0541 e. The average molecular weight is 683 g/mol. The summed E-state index contributed by atoms with van der Waals surface area (Å²) in [7, 11) is 0. The van der Waals surface area contributed by atoms with Crippen molar-refractivity contribution in [2.45, 2.75) is 6.92 Å². The van der Waals surface area contributed by atoms with E-state index < -0.39 is 0 Å². The molecule has 2 nitrogen and oxygen atoms in total. The quantitative estimate of drug-likeness (QED) is 0.171. The second kappa shape index (κ2) is 12.1. The molecule has 52 heavy (non-hydrogen) atoms. The fourth-order valence-corrected chi connectivity index (χ4v) is 8.98. The molecule has 0 unspecified atom stereocenters. The van der Waals surface area contributed by atoms with Crippen molar-refractivity contribution in [2.75, 3.05) is 0 Å². The van der Waals surface area contributed by atoms with Crippen LogP contribution in [0.15, 0.2) is 170 Å². The van der Waals surface area contributed by atoms with E-state index in [1.807, 2.05) is 0 Å². The van der Waals surface area contributed by atoms with E-state index in [0.29, 0.717) is 0 Å². The van der Waals surface area contributed by atoms with E-state index in [9.17, 15) is 0 Å². The first-order valence-electron chi connectivity index (χ1n) is 17.7. The molecule has 246 valence electrons. The molecule has 0 bridgehead atoms. The van der Waals surface area contributed by atoms with Crippen molar-refractivity contribution in [1.29, 1.82) is 0 Å². The number of aromatic nitrogens is 2. The number of allylic oxidation sites excluding steroid dienone is 2. The molecule has 0 saturated carbocycles. The number of thiophene rings is 1. The van der Waals surface area contributed by atoms with E-state index in [0.717, 1.165) is 10.2 Å². The summed E-state index contributed by atoms with van der Waals surface area (Å²) in [5.41, 5.74) is 12.0. The summed E-state index contributed by atoms with van der Waals surface area (Å²) in [6, 6.07) is 59.5. The standard InChI is InChI=1S/C49H34N2S/c1-3-33(29-42-32(2)52-49-20-12-9-17-41(42)49)35-23-27-48-43(30-35)39-15-8-11-19-46(39)51(48)38-25-21-34(22-26-38)36-24-28-47-44(31-36)40-16-7-10-18-45(40)50(47)37-13-5-4-6-14-37/h3-31H,2H2,1H3/b33-3+,42-29+. The van der Waals surface area contributed by atoms with Crippen LogP contribution in [0, 0.1) is 0 Å². The highest BCUT2D eigenvalue weighted by Gasteiger charge is 2.16. The molecule has 0 atom stereocenters. The molecule has 0 spiro atoms. The highest BCUT2D eigenvalue weighted by molar-refractivity contribution is 7.17. The van der Waals surface area contributed by atoms with Gasteiger partial charge in [-0.15, -0.1) is 11.3 Å². The number of para-hydroxylation sites is 3. The van der Waals surface area contributed by atoms with E-state index in [2.05, 4.69) is 199 Å². The van der Waals surface area contributed by atoms with Crippen LogP contribution in [0.3, 0.4) is 0 Å². The minimum absolute atomic E-state index is 1.10. The second-order valence-electron chi connectivity index (χ2n) is 13.4. The molecular weight excluding hydrogens is 649 g/mol. The van der Waals surface area contributed by atoms with Gasteiger partial charge in [0.05, 0.1) is 22.1 Å². The normalized spacial score (nSPS) is 12.6. The Bertz CT molecular complexity index is 3140. The lowest BCUT2D eigenvalue weighted by Crippen LogP contribution is -2.16. The zero-order valence-electron chi connectivity index (χ0n) is 28.8. The Morgan fingerprint density at radius 3 is 1.73 bits per heavy atom. The van der Waals surface area contributed by atoms with Crippen molar-refractivity contribution >= 4 is 83.3 Å². The lowest BCUT2D eigenvalue weighted by molar-refractivity contribution is 1.18. The summed E-state index contributed by atoms with van der Waals surface area (Å²) in [6.07, 6.45) is 4.51. The molecule has 0 fully saturated rings. The first kappa shape index (κ1) is 30.4. The predicted octanol–water partition coefficient (Wildman–Crippen LogP) is 12.1. The zero-order chi connectivity index (χ0) is 34.8. The van der Waals surface area contributed by atoms with Gasteiger partial charge in [0.2, 0.25) is 0 Å². The van der Waals surface area contributed by atoms with Gasteiger partial charge in [0.15, 0.2) is 0 Å². The summed E-state index contributed by atoms with van der Waals surface area (Å²) in [4.78, 5) is 0. The molecule has 3 aromatic heterocycles. The Morgan fingerprint density at radius 2 is 1.04 bits per heavy atom. The number of benzene rings is 7. The van der Waals surface area contributed by atoms with Gasteiger partial charge in [-0.1, -0.05) is 110 Å². The van der Waals surface area contributed by atoms with Crippen molar-refractivity contribution in [3.05, 3.63) is 185 Å². The molecule has 10 aromatic rings. The molecular formula is C49H34N2S. The number of nitrogens with zero attached hydrogens (tertiary/aromatic N) is 2. The first-order valence-corrected chi connectivity index (χ1v) is 18.6. The second-order valence-corrected chi connectivity index (χ2v) is 14.5. The molecule has 3 heteroatoms. The largest absolute Gasteiger partial charge is 0.309 e. The lowest BCUT2D eigenvalue weighted by atomic mass is 10.0. The number of rotatable bonds is 5. The van der Waals surface area contributed by atoms with Crippen LogP contribution in [0.2, 0.25) is 0 Å². The van der Waals surface area contributed by atoms with Crippen molar-refractivity contribution < 1.29 is 0 Å². The summed E-state index contributed by atoms with van der Waals surface area (Å²) in [5.74, 6) is 0. The molecule has 0 N–H and O–H groups in total. The van der Waals surface area contributed by atoms with Gasteiger partial charge >= 0.3 is 0 Å². The summed E-state index contributed by atoms with van der Waals surface area (Å²) in [6.45, 7) is 6.51. The number of hydrogen-bond donors (Lipinski definition) is 0. The van der Waals surface area contributed by atoms with Crippen LogP contribution in [-0.2, 0) is 0 Å². The molecule has 0 amide bonds. The van der Waals surface area contributed by atoms with E-state index in [1.165, 1.54) is 86.9 Å². The van der Waals surface area contributed by atoms with Crippen LogP contribution >= 0.6 is 11.3 Å². The van der Waals surface area contributed by atoms with E-state index >= 15 is 0 Å². The van der Waals surface area contributed by atoms with Gasteiger partial charge in [0.25, 0.3) is 0 Å². The van der Waals surface area contributed by atoms with Crippen LogP contribution in [0.5, 0.6) is 0 Å². The summed E-state index contributed by atoms with van der Waals surface area (Å²) < 4.78 is 7.13. The number of fused-ring (bicyclic) bond motifs is 7. The monoisotopic (exact) mass is 682 g/mol. The molecule has 0 aliphatic heterocycles. The van der Waals surface area contributed by atoms with Gasteiger partial charge in [-0.25, -0.2) is 0 Å². The maximum Gasteiger partial charge on any atom is 0.0541 e. The van der Waals surface area contributed by atoms with Gasteiger partial charge in [-0.2, -0.15) is 0 Å². The zero-order valence-corrected chi connectivity index (χ0v) is 29.6. The third-order valence-corrected chi connectivity index (χ3v) is 11.5. The topological polar surface area (TPSA) is 9.86 Å². The Kier molecular flexibility index (Phi) is 7.09. The highest BCUT2D eigenvalue weighted by Crippen LogP contribution is 2.37. The number of hydrogen-bond acceptors (Lipinski definition) is 1. The fourth-order valence-electron chi connectivity index (χ4n) is 8.00. The van der Waals surface area contributed by atoms with Gasteiger partial charge < -0.3 is 9.13 Å². The molecule has 7 aromatic carbocycles. The Labute approximate surface area is 305 Å².